The van der Waals surface area contributed by atoms with Crippen LogP contribution >= 0.6 is 0 Å². The molecule has 0 aliphatic rings. The number of aromatic nitrogens is 4. The summed E-state index contributed by atoms with van der Waals surface area (Å²) in [6, 6.07) is 17.2. The maximum Gasteiger partial charge on any atom is 0.258 e. The predicted octanol–water partition coefficient (Wildman–Crippen LogP) is 3.01. The van der Waals surface area contributed by atoms with Crippen LogP contribution in [0.2, 0.25) is 0 Å². The van der Waals surface area contributed by atoms with Crippen LogP contribution in [0, 0.1) is 0 Å². The summed E-state index contributed by atoms with van der Waals surface area (Å²) in [6.45, 7) is 1.19. The van der Waals surface area contributed by atoms with Gasteiger partial charge in [-0.15, -0.1) is 0 Å². The molecule has 2 aromatic carbocycles. The minimum Gasteiger partial charge on any atom is -0.309 e. The Morgan fingerprint density at radius 1 is 0.926 bits per heavy atom. The van der Waals surface area contributed by atoms with Gasteiger partial charge in [-0.05, 0) is 19.2 Å². The van der Waals surface area contributed by atoms with Crippen LogP contribution in [0.4, 0.5) is 0 Å². The molecule has 0 atom stereocenters. The van der Waals surface area contributed by atoms with Gasteiger partial charge in [0.05, 0.1) is 17.4 Å². The zero-order valence-corrected chi connectivity index (χ0v) is 15.0. The lowest BCUT2D eigenvalue weighted by Gasteiger charge is -2.16. The molecule has 6 nitrogen and oxygen atoms in total. The minimum atomic E-state index is -0.112. The van der Waals surface area contributed by atoms with Crippen LogP contribution in [-0.4, -0.2) is 31.9 Å². The van der Waals surface area contributed by atoms with Crippen molar-refractivity contribution in [3.8, 4) is 11.4 Å². The molecule has 0 saturated carbocycles. The molecule has 134 valence electrons. The number of benzene rings is 2. The lowest BCUT2D eigenvalue weighted by Crippen LogP contribution is -2.22. The number of hydrogen-bond acceptors (Lipinski definition) is 5. The number of H-pyrrole nitrogens is 1. The third kappa shape index (κ3) is 3.91. The standard InChI is InChI=1S/C21H19N5O/c1-26(14-19-24-18-10-6-5-9-17(18)21(27)25-19)13-15-11-22-20(23-12-15)16-7-3-2-4-8-16/h2-12H,13-14H2,1H3,(H,24,25,27). The van der Waals surface area contributed by atoms with E-state index in [1.54, 1.807) is 6.07 Å². The third-order valence-electron chi connectivity index (χ3n) is 4.27. The van der Waals surface area contributed by atoms with Crippen molar-refractivity contribution in [1.82, 2.24) is 24.8 Å². The van der Waals surface area contributed by atoms with E-state index < -0.39 is 0 Å². The van der Waals surface area contributed by atoms with Gasteiger partial charge in [0.1, 0.15) is 5.82 Å². The van der Waals surface area contributed by atoms with Crippen molar-refractivity contribution in [3.63, 3.8) is 0 Å². The Hall–Kier alpha value is -3.38. The Kier molecular flexibility index (Phi) is 4.72. The van der Waals surface area contributed by atoms with E-state index >= 15 is 0 Å². The maximum absolute atomic E-state index is 12.2. The van der Waals surface area contributed by atoms with Crippen molar-refractivity contribution in [1.29, 1.82) is 0 Å². The molecule has 1 N–H and O–H groups in total. The first-order valence-electron chi connectivity index (χ1n) is 8.72. The summed E-state index contributed by atoms with van der Waals surface area (Å²) in [7, 11) is 1.97. The van der Waals surface area contributed by atoms with Crippen LogP contribution in [0.1, 0.15) is 11.4 Å². The highest BCUT2D eigenvalue weighted by Gasteiger charge is 2.08. The minimum absolute atomic E-state index is 0.112. The molecule has 0 amide bonds. The van der Waals surface area contributed by atoms with E-state index in [2.05, 4.69) is 24.8 Å². The number of nitrogens with zero attached hydrogens (tertiary/aromatic N) is 4. The number of hydrogen-bond donors (Lipinski definition) is 1. The smallest absolute Gasteiger partial charge is 0.258 e. The molecule has 0 aliphatic carbocycles. The predicted molar refractivity (Wildman–Crippen MR) is 105 cm³/mol. The van der Waals surface area contributed by atoms with Gasteiger partial charge in [-0.1, -0.05) is 42.5 Å². The number of aromatic amines is 1. The molecule has 0 fully saturated rings. The Labute approximate surface area is 156 Å². The molecule has 0 radical (unpaired) electrons. The second-order valence-electron chi connectivity index (χ2n) is 6.48. The Morgan fingerprint density at radius 2 is 1.63 bits per heavy atom. The Balaban J connectivity index is 1.46. The van der Waals surface area contributed by atoms with E-state index in [1.165, 1.54) is 0 Å². The lowest BCUT2D eigenvalue weighted by molar-refractivity contribution is 0.310. The number of fused-ring (bicyclic) bond motifs is 1. The van der Waals surface area contributed by atoms with Crippen LogP contribution in [-0.2, 0) is 13.1 Å². The molecule has 27 heavy (non-hydrogen) atoms. The van der Waals surface area contributed by atoms with Gasteiger partial charge in [-0.3, -0.25) is 9.69 Å². The van der Waals surface area contributed by atoms with Gasteiger partial charge in [0.15, 0.2) is 5.82 Å². The molecule has 4 aromatic rings. The topological polar surface area (TPSA) is 74.8 Å². The molecule has 0 saturated heterocycles. The van der Waals surface area contributed by atoms with E-state index in [4.69, 9.17) is 0 Å². The first-order chi connectivity index (χ1) is 13.2. The van der Waals surface area contributed by atoms with E-state index in [0.717, 1.165) is 11.1 Å². The molecule has 0 aliphatic heterocycles. The second-order valence-corrected chi connectivity index (χ2v) is 6.48. The number of para-hydroxylation sites is 1. The SMILES string of the molecule is CN(Cc1cnc(-c2ccccc2)nc1)Cc1nc2ccccc2c(=O)[nH]1. The van der Waals surface area contributed by atoms with Crippen LogP contribution in [0.15, 0.2) is 71.8 Å². The zero-order chi connectivity index (χ0) is 18.6. The van der Waals surface area contributed by atoms with Crippen LogP contribution in [0.5, 0.6) is 0 Å². The lowest BCUT2D eigenvalue weighted by atomic mass is 10.2. The third-order valence-corrected chi connectivity index (χ3v) is 4.27. The maximum atomic E-state index is 12.2. The molecule has 4 rings (SSSR count). The fourth-order valence-electron chi connectivity index (χ4n) is 3.01. The van der Waals surface area contributed by atoms with Gasteiger partial charge in [-0.25, -0.2) is 15.0 Å². The van der Waals surface area contributed by atoms with Gasteiger partial charge in [0.25, 0.3) is 5.56 Å². The van der Waals surface area contributed by atoms with Crippen molar-refractivity contribution in [2.24, 2.45) is 0 Å². The summed E-state index contributed by atoms with van der Waals surface area (Å²) in [6.07, 6.45) is 3.67. The summed E-state index contributed by atoms with van der Waals surface area (Å²) in [4.78, 5) is 30.5. The first kappa shape index (κ1) is 17.1. The van der Waals surface area contributed by atoms with E-state index in [9.17, 15) is 4.79 Å². The van der Waals surface area contributed by atoms with Gasteiger partial charge in [-0.2, -0.15) is 0 Å². The molecule has 0 spiro atoms. The van der Waals surface area contributed by atoms with Crippen LogP contribution < -0.4 is 5.56 Å². The molecular weight excluding hydrogens is 338 g/mol. The van der Waals surface area contributed by atoms with E-state index in [1.807, 2.05) is 68.0 Å². The fraction of sp³-hybridized carbons (Fsp3) is 0.143. The largest absolute Gasteiger partial charge is 0.309 e. The van der Waals surface area contributed by atoms with Gasteiger partial charge in [0.2, 0.25) is 0 Å². The highest BCUT2D eigenvalue weighted by atomic mass is 16.1. The van der Waals surface area contributed by atoms with Gasteiger partial charge < -0.3 is 4.98 Å². The van der Waals surface area contributed by atoms with Crippen molar-refractivity contribution < 1.29 is 0 Å². The summed E-state index contributed by atoms with van der Waals surface area (Å²) in [5.74, 6) is 1.35. The average molecular weight is 357 g/mol. The van der Waals surface area contributed by atoms with Crippen molar-refractivity contribution in [2.45, 2.75) is 13.1 Å². The number of rotatable bonds is 5. The summed E-state index contributed by atoms with van der Waals surface area (Å²) in [5.41, 5.74) is 2.59. The summed E-state index contributed by atoms with van der Waals surface area (Å²) >= 11 is 0. The molecular formula is C21H19N5O. The van der Waals surface area contributed by atoms with Crippen LogP contribution in [0.25, 0.3) is 22.3 Å². The van der Waals surface area contributed by atoms with Crippen molar-refractivity contribution in [2.75, 3.05) is 7.05 Å². The van der Waals surface area contributed by atoms with E-state index in [-0.39, 0.29) is 5.56 Å². The normalized spacial score (nSPS) is 11.2. The summed E-state index contributed by atoms with van der Waals surface area (Å²) < 4.78 is 0. The second kappa shape index (κ2) is 7.47. The van der Waals surface area contributed by atoms with Crippen molar-refractivity contribution >= 4 is 10.9 Å². The molecule has 2 heterocycles. The van der Waals surface area contributed by atoms with Gasteiger partial charge in [0, 0.05) is 30.1 Å². The molecule has 6 heteroatoms. The average Bonchev–Trinajstić information content (AvgIpc) is 2.69. The Bertz CT molecular complexity index is 1110. The highest BCUT2D eigenvalue weighted by molar-refractivity contribution is 5.77. The fourth-order valence-corrected chi connectivity index (χ4v) is 3.01. The zero-order valence-electron chi connectivity index (χ0n) is 15.0. The monoisotopic (exact) mass is 357 g/mol. The first-order valence-corrected chi connectivity index (χ1v) is 8.72. The molecule has 0 unspecified atom stereocenters. The van der Waals surface area contributed by atoms with Crippen LogP contribution in [0.3, 0.4) is 0 Å². The molecule has 0 bridgehead atoms. The molecule has 2 aromatic heterocycles. The Morgan fingerprint density at radius 3 is 2.41 bits per heavy atom. The van der Waals surface area contributed by atoms with Crippen molar-refractivity contribution in [3.05, 3.63) is 88.7 Å². The van der Waals surface area contributed by atoms with Gasteiger partial charge >= 0.3 is 0 Å². The quantitative estimate of drug-likeness (QED) is 0.594. The summed E-state index contributed by atoms with van der Waals surface area (Å²) in [5, 5.41) is 0.605. The number of nitrogens with one attached hydrogen (secondary N) is 1. The highest BCUT2D eigenvalue weighted by Crippen LogP contribution is 2.14. The van der Waals surface area contributed by atoms with E-state index in [0.29, 0.717) is 35.6 Å².